The molecule has 2 aromatic rings. The van der Waals surface area contributed by atoms with Gasteiger partial charge in [-0.1, -0.05) is 18.2 Å². The number of esters is 1. The zero-order chi connectivity index (χ0) is 21.0. The number of amides is 2. The highest BCUT2D eigenvalue weighted by molar-refractivity contribution is 6.06. The summed E-state index contributed by atoms with van der Waals surface area (Å²) >= 11 is 0. The normalized spacial score (nSPS) is 29.0. The molecule has 1 aliphatic heterocycles. The van der Waals surface area contributed by atoms with E-state index in [-0.39, 0.29) is 60.0 Å². The Kier molecular flexibility index (Phi) is 5.83. The van der Waals surface area contributed by atoms with E-state index in [9.17, 15) is 14.4 Å². The van der Waals surface area contributed by atoms with E-state index >= 15 is 0 Å². The number of nitrogens with one attached hydrogen (secondary N) is 2. The molecule has 2 amide bonds. The van der Waals surface area contributed by atoms with E-state index in [0.29, 0.717) is 18.5 Å². The number of likely N-dealkylation sites (tertiary alicyclic amines) is 1. The second-order valence-corrected chi connectivity index (χ2v) is 9.28. The Hall–Kier alpha value is -2.38. The number of aromatic amines is 1. The molecule has 166 valence electrons. The second-order valence-electron chi connectivity index (χ2n) is 9.28. The van der Waals surface area contributed by atoms with Crippen molar-refractivity contribution in [2.75, 3.05) is 27.2 Å². The fourth-order valence-electron chi connectivity index (χ4n) is 5.85. The van der Waals surface area contributed by atoms with Gasteiger partial charge in [-0.3, -0.25) is 14.5 Å². The lowest BCUT2D eigenvalue weighted by Crippen LogP contribution is -3.05. The number of hydrogen-bond donors (Lipinski definition) is 2. The summed E-state index contributed by atoms with van der Waals surface area (Å²) < 4.78 is 5.89. The lowest BCUT2D eigenvalue weighted by atomic mass is 9.79. The zero-order valence-corrected chi connectivity index (χ0v) is 18.5. The van der Waals surface area contributed by atoms with Crippen LogP contribution in [0.5, 0.6) is 0 Å². The van der Waals surface area contributed by atoms with Crippen molar-refractivity contribution in [1.82, 2.24) is 9.88 Å². The average Bonchev–Trinajstić information content (AvgIpc) is 3.45. The van der Waals surface area contributed by atoms with Crippen LogP contribution in [0.4, 0.5) is 0 Å². The number of nitrogens with zero attached hydrogens (tertiary/aromatic N) is 1. The van der Waals surface area contributed by atoms with Crippen molar-refractivity contribution in [3.63, 3.8) is 0 Å². The summed E-state index contributed by atoms with van der Waals surface area (Å²) in [5.74, 6) is -0.853. The zero-order valence-electron chi connectivity index (χ0n) is 17.8. The average molecular weight is 446 g/mol. The molecule has 0 spiro atoms. The van der Waals surface area contributed by atoms with E-state index < -0.39 is 0 Å². The third-order valence-corrected chi connectivity index (χ3v) is 7.17. The predicted molar refractivity (Wildman–Crippen MR) is 110 cm³/mol. The number of halogens is 1. The van der Waals surface area contributed by atoms with Crippen molar-refractivity contribution < 1.29 is 36.4 Å². The molecule has 1 aromatic heterocycles. The molecule has 1 aromatic carbocycles. The van der Waals surface area contributed by atoms with Gasteiger partial charge in [0, 0.05) is 36.0 Å². The van der Waals surface area contributed by atoms with E-state index in [4.69, 9.17) is 4.74 Å². The Bertz CT molecular complexity index is 1020. The SMILES string of the molecule is C[NH+](C)CCCN1C(=O)C2C(C1=O)[C@@H]1C[C@H]2CC1OC(=O)c1c[nH]c2ccccc12.[Cl-]. The molecule has 2 heterocycles. The van der Waals surface area contributed by atoms with E-state index in [0.717, 1.165) is 30.3 Å². The minimum atomic E-state index is -0.357. The van der Waals surface area contributed by atoms with Gasteiger partial charge in [-0.2, -0.15) is 0 Å². The molecule has 3 aliphatic rings. The number of rotatable bonds is 6. The number of H-pyrrole nitrogens is 1. The number of carbonyl (C=O) groups excluding carboxylic acids is 3. The number of imide groups is 1. The highest BCUT2D eigenvalue weighted by Gasteiger charge is 2.64. The van der Waals surface area contributed by atoms with Crippen LogP contribution in [0.1, 0.15) is 29.6 Å². The molecular weight excluding hydrogens is 418 g/mol. The first-order valence-electron chi connectivity index (χ1n) is 10.9. The van der Waals surface area contributed by atoms with Crippen LogP contribution in [0.3, 0.4) is 0 Å². The highest BCUT2D eigenvalue weighted by Crippen LogP contribution is 2.57. The minimum Gasteiger partial charge on any atom is -1.00 e. The largest absolute Gasteiger partial charge is 1.00 e. The number of aromatic nitrogens is 1. The number of para-hydroxylation sites is 1. The van der Waals surface area contributed by atoms with Crippen LogP contribution in [0.25, 0.3) is 10.9 Å². The summed E-state index contributed by atoms with van der Waals surface area (Å²) in [7, 11) is 4.13. The second kappa shape index (κ2) is 8.28. The van der Waals surface area contributed by atoms with Crippen molar-refractivity contribution in [3.05, 3.63) is 36.0 Å². The standard InChI is InChI=1S/C23H27N3O4.ClH/c1-25(2)8-5-9-26-21(27)19-13-10-15(20(19)22(26)28)18(11-13)30-23(29)16-12-24-17-7-4-3-6-14(16)17;/h3-4,6-7,12-13,15,18-20,24H,5,8-11H2,1-2H3;1H/t13-,15+,18?,19?,20?;/m0./s1. The van der Waals surface area contributed by atoms with Gasteiger partial charge in [-0.05, 0) is 24.8 Å². The third kappa shape index (κ3) is 3.53. The number of benzene rings is 1. The number of ether oxygens (including phenoxy) is 1. The van der Waals surface area contributed by atoms with Gasteiger partial charge in [0.05, 0.1) is 38.0 Å². The van der Waals surface area contributed by atoms with Crippen LogP contribution in [0, 0.1) is 23.7 Å². The van der Waals surface area contributed by atoms with Crippen LogP contribution < -0.4 is 17.3 Å². The smallest absolute Gasteiger partial charge is 0.340 e. The molecule has 2 N–H and O–H groups in total. The van der Waals surface area contributed by atoms with Gasteiger partial charge < -0.3 is 27.0 Å². The lowest BCUT2D eigenvalue weighted by Gasteiger charge is -2.28. The molecule has 2 aliphatic carbocycles. The Morgan fingerprint density at radius 2 is 1.90 bits per heavy atom. The summed E-state index contributed by atoms with van der Waals surface area (Å²) in [6.07, 6.45) is 3.68. The molecular formula is C23H28ClN3O4. The van der Waals surface area contributed by atoms with Gasteiger partial charge in [-0.15, -0.1) is 0 Å². The van der Waals surface area contributed by atoms with Crippen molar-refractivity contribution in [2.45, 2.75) is 25.4 Å². The van der Waals surface area contributed by atoms with E-state index in [2.05, 4.69) is 19.1 Å². The number of hydrogen-bond acceptors (Lipinski definition) is 4. The first-order valence-corrected chi connectivity index (χ1v) is 10.9. The number of fused-ring (bicyclic) bond motifs is 6. The quantitative estimate of drug-likeness (QED) is 0.393. The van der Waals surface area contributed by atoms with Crippen LogP contribution >= 0.6 is 0 Å². The molecule has 8 heteroatoms. The van der Waals surface area contributed by atoms with Crippen LogP contribution in [0.15, 0.2) is 30.5 Å². The topological polar surface area (TPSA) is 83.9 Å². The molecule has 2 bridgehead atoms. The predicted octanol–water partition coefficient (Wildman–Crippen LogP) is -2.13. The molecule has 2 saturated carbocycles. The van der Waals surface area contributed by atoms with Crippen molar-refractivity contribution in [2.24, 2.45) is 23.7 Å². The third-order valence-electron chi connectivity index (χ3n) is 7.17. The van der Waals surface area contributed by atoms with Crippen LogP contribution in [-0.4, -0.2) is 61.0 Å². The van der Waals surface area contributed by atoms with Crippen molar-refractivity contribution in [3.8, 4) is 0 Å². The maximum atomic E-state index is 13.1. The maximum absolute atomic E-state index is 13.1. The summed E-state index contributed by atoms with van der Waals surface area (Å²) in [4.78, 5) is 44.7. The van der Waals surface area contributed by atoms with Gasteiger partial charge in [0.1, 0.15) is 6.10 Å². The first kappa shape index (κ1) is 21.8. The molecule has 1 saturated heterocycles. The van der Waals surface area contributed by atoms with Gasteiger partial charge in [0.25, 0.3) is 0 Å². The molecule has 3 fully saturated rings. The maximum Gasteiger partial charge on any atom is 0.340 e. The van der Waals surface area contributed by atoms with Crippen molar-refractivity contribution >= 4 is 28.7 Å². The summed E-state index contributed by atoms with van der Waals surface area (Å²) in [6, 6.07) is 7.62. The van der Waals surface area contributed by atoms with E-state index in [1.807, 2.05) is 24.3 Å². The van der Waals surface area contributed by atoms with Crippen LogP contribution in [0.2, 0.25) is 0 Å². The molecule has 31 heavy (non-hydrogen) atoms. The Morgan fingerprint density at radius 3 is 2.68 bits per heavy atom. The monoisotopic (exact) mass is 445 g/mol. The molecule has 3 unspecified atom stereocenters. The summed E-state index contributed by atoms with van der Waals surface area (Å²) in [5, 5.41) is 0.838. The number of quaternary nitrogens is 1. The molecule has 7 nitrogen and oxygen atoms in total. The summed E-state index contributed by atoms with van der Waals surface area (Å²) in [5.41, 5.74) is 1.41. The van der Waals surface area contributed by atoms with E-state index in [1.165, 1.54) is 9.80 Å². The summed E-state index contributed by atoms with van der Waals surface area (Å²) in [6.45, 7) is 1.42. The Balaban J connectivity index is 0.00000231. The first-order chi connectivity index (χ1) is 14.5. The number of carbonyl (C=O) groups is 3. The highest BCUT2D eigenvalue weighted by atomic mass is 35.5. The molecule has 0 radical (unpaired) electrons. The van der Waals surface area contributed by atoms with Crippen molar-refractivity contribution in [1.29, 1.82) is 0 Å². The molecule has 5 atom stereocenters. The van der Waals surface area contributed by atoms with Gasteiger partial charge in [0.2, 0.25) is 11.8 Å². The minimum absolute atomic E-state index is 0. The molecule has 5 rings (SSSR count). The van der Waals surface area contributed by atoms with Gasteiger partial charge >= 0.3 is 5.97 Å². The van der Waals surface area contributed by atoms with Crippen LogP contribution in [-0.2, 0) is 14.3 Å². The fourth-order valence-corrected chi connectivity index (χ4v) is 5.85. The lowest BCUT2D eigenvalue weighted by molar-refractivity contribution is -0.858. The Morgan fingerprint density at radius 1 is 1.16 bits per heavy atom. The van der Waals surface area contributed by atoms with E-state index in [1.54, 1.807) is 6.20 Å². The fraction of sp³-hybridized carbons (Fsp3) is 0.522. The van der Waals surface area contributed by atoms with Gasteiger partial charge in [-0.25, -0.2) is 4.79 Å². The Labute approximate surface area is 187 Å². The van der Waals surface area contributed by atoms with Gasteiger partial charge in [0.15, 0.2) is 0 Å².